The molecule has 7 nitrogen and oxygen atoms in total. The molecule has 0 spiro atoms. The quantitative estimate of drug-likeness (QED) is 0.441. The van der Waals surface area contributed by atoms with Gasteiger partial charge in [-0.25, -0.2) is 9.78 Å². The minimum atomic E-state index is -0.697. The minimum absolute atomic E-state index is 0.280. The van der Waals surface area contributed by atoms with Crippen molar-refractivity contribution >= 4 is 23.4 Å². The molecule has 0 radical (unpaired) electrons. The first kappa shape index (κ1) is 12.8. The predicted molar refractivity (Wildman–Crippen MR) is 67.7 cm³/mol. The van der Waals surface area contributed by atoms with E-state index in [4.69, 9.17) is 17.2 Å². The van der Waals surface area contributed by atoms with Gasteiger partial charge < -0.3 is 17.2 Å². The van der Waals surface area contributed by atoms with Gasteiger partial charge in [0.2, 0.25) is 0 Å². The third-order valence-corrected chi connectivity index (χ3v) is 1.97. The van der Waals surface area contributed by atoms with Crippen molar-refractivity contribution in [1.29, 1.82) is 0 Å². The van der Waals surface area contributed by atoms with Crippen molar-refractivity contribution < 1.29 is 4.79 Å². The van der Waals surface area contributed by atoms with Crippen LogP contribution in [0.2, 0.25) is 0 Å². The molecule has 0 fully saturated rings. The summed E-state index contributed by atoms with van der Waals surface area (Å²) in [6.07, 6.45) is 2.35. The standard InChI is InChI=1S/C10H16N6O/c1-2-3-14-9(12)6-5-15-8(4-7(6)11)16-10(13)17/h4-5H,2-3H2,1H3,(H2,12,14)(H5,11,13,15,16,17). The van der Waals surface area contributed by atoms with Crippen LogP contribution in [0.25, 0.3) is 0 Å². The number of amidine groups is 1. The van der Waals surface area contributed by atoms with E-state index in [1.54, 1.807) is 0 Å². The maximum Gasteiger partial charge on any atom is 0.317 e. The van der Waals surface area contributed by atoms with Crippen molar-refractivity contribution in [2.45, 2.75) is 13.3 Å². The summed E-state index contributed by atoms with van der Waals surface area (Å²) in [6, 6.07) is 0.784. The van der Waals surface area contributed by atoms with Crippen LogP contribution in [0.15, 0.2) is 17.3 Å². The number of primary amides is 1. The van der Waals surface area contributed by atoms with Crippen LogP contribution in [-0.4, -0.2) is 23.4 Å². The second kappa shape index (κ2) is 5.69. The topological polar surface area (TPSA) is 132 Å². The number of rotatable bonds is 4. The molecule has 0 aromatic carbocycles. The summed E-state index contributed by atoms with van der Waals surface area (Å²) in [5, 5.41) is 2.32. The number of urea groups is 1. The first-order valence-corrected chi connectivity index (χ1v) is 5.16. The number of carbonyl (C=O) groups is 1. The molecule has 1 heterocycles. The van der Waals surface area contributed by atoms with Crippen LogP contribution in [0.5, 0.6) is 0 Å². The van der Waals surface area contributed by atoms with Gasteiger partial charge in [0.25, 0.3) is 0 Å². The number of aromatic nitrogens is 1. The number of anilines is 2. The summed E-state index contributed by atoms with van der Waals surface area (Å²) in [6.45, 7) is 2.63. The number of aliphatic imine (C=N–C) groups is 1. The summed E-state index contributed by atoms with van der Waals surface area (Å²) >= 11 is 0. The van der Waals surface area contributed by atoms with E-state index in [-0.39, 0.29) is 5.82 Å². The van der Waals surface area contributed by atoms with Crippen molar-refractivity contribution in [2.75, 3.05) is 17.6 Å². The molecule has 7 N–H and O–H groups in total. The van der Waals surface area contributed by atoms with Gasteiger partial charge in [-0.1, -0.05) is 6.92 Å². The molecule has 1 rings (SSSR count). The van der Waals surface area contributed by atoms with Crippen LogP contribution >= 0.6 is 0 Å². The molecule has 0 aliphatic heterocycles. The molecule has 0 bridgehead atoms. The van der Waals surface area contributed by atoms with Gasteiger partial charge in [-0.05, 0) is 6.42 Å². The highest BCUT2D eigenvalue weighted by molar-refractivity contribution is 6.02. The first-order valence-electron chi connectivity index (χ1n) is 5.16. The number of nitrogens with two attached hydrogens (primary N) is 3. The van der Waals surface area contributed by atoms with E-state index in [9.17, 15) is 4.79 Å². The van der Waals surface area contributed by atoms with Gasteiger partial charge in [-0.2, -0.15) is 0 Å². The fraction of sp³-hybridized carbons (Fsp3) is 0.300. The largest absolute Gasteiger partial charge is 0.398 e. The molecule has 0 saturated heterocycles. The molecule has 0 saturated carbocycles. The molecule has 0 aliphatic rings. The van der Waals surface area contributed by atoms with Crippen LogP contribution < -0.4 is 22.5 Å². The monoisotopic (exact) mass is 236 g/mol. The van der Waals surface area contributed by atoms with E-state index in [0.29, 0.717) is 23.6 Å². The normalized spacial score (nSPS) is 11.2. The fourth-order valence-electron chi connectivity index (χ4n) is 1.20. The average molecular weight is 236 g/mol. The van der Waals surface area contributed by atoms with E-state index < -0.39 is 6.03 Å². The van der Waals surface area contributed by atoms with Gasteiger partial charge in [-0.3, -0.25) is 10.3 Å². The summed E-state index contributed by atoms with van der Waals surface area (Å²) in [7, 11) is 0. The predicted octanol–water partition coefficient (Wildman–Crippen LogP) is 0.270. The Morgan fingerprint density at radius 2 is 2.24 bits per heavy atom. The Hall–Kier alpha value is -2.31. The Morgan fingerprint density at radius 3 is 2.76 bits per heavy atom. The summed E-state index contributed by atoms with van der Waals surface area (Å²) in [5.74, 6) is 0.615. The van der Waals surface area contributed by atoms with Crippen LogP contribution in [0.1, 0.15) is 18.9 Å². The zero-order chi connectivity index (χ0) is 12.8. The lowest BCUT2D eigenvalue weighted by molar-refractivity contribution is 0.259. The molecular weight excluding hydrogens is 220 g/mol. The molecule has 17 heavy (non-hydrogen) atoms. The molecule has 0 aliphatic carbocycles. The Balaban J connectivity index is 2.93. The Kier molecular flexibility index (Phi) is 4.27. The van der Waals surface area contributed by atoms with E-state index in [1.165, 1.54) is 12.3 Å². The zero-order valence-electron chi connectivity index (χ0n) is 9.60. The van der Waals surface area contributed by atoms with Crippen LogP contribution in [0, 0.1) is 0 Å². The van der Waals surface area contributed by atoms with Crippen molar-refractivity contribution in [2.24, 2.45) is 16.5 Å². The van der Waals surface area contributed by atoms with Crippen molar-refractivity contribution in [3.63, 3.8) is 0 Å². The molecule has 0 unspecified atom stereocenters. The smallest absolute Gasteiger partial charge is 0.317 e. The number of nitrogens with one attached hydrogen (secondary N) is 1. The number of carbonyl (C=O) groups excluding carboxylic acids is 1. The minimum Gasteiger partial charge on any atom is -0.398 e. The number of hydrogen-bond donors (Lipinski definition) is 4. The van der Waals surface area contributed by atoms with Crippen LogP contribution in [-0.2, 0) is 0 Å². The number of hydrogen-bond acceptors (Lipinski definition) is 4. The lowest BCUT2D eigenvalue weighted by Crippen LogP contribution is -2.21. The van der Waals surface area contributed by atoms with Crippen LogP contribution in [0.4, 0.5) is 16.3 Å². The number of amides is 2. The fourth-order valence-corrected chi connectivity index (χ4v) is 1.20. The van der Waals surface area contributed by atoms with Crippen molar-refractivity contribution in [1.82, 2.24) is 4.98 Å². The van der Waals surface area contributed by atoms with E-state index in [1.807, 2.05) is 6.92 Å². The first-order chi connectivity index (χ1) is 8.04. The second-order valence-corrected chi connectivity index (χ2v) is 3.41. The Bertz CT molecular complexity index is 442. The molecule has 1 aromatic heterocycles. The Morgan fingerprint density at radius 1 is 1.53 bits per heavy atom. The molecule has 2 amide bonds. The third kappa shape index (κ3) is 3.63. The second-order valence-electron chi connectivity index (χ2n) is 3.41. The zero-order valence-corrected chi connectivity index (χ0v) is 9.60. The van der Waals surface area contributed by atoms with E-state index in [0.717, 1.165) is 6.42 Å². The van der Waals surface area contributed by atoms with Crippen molar-refractivity contribution in [3.8, 4) is 0 Å². The van der Waals surface area contributed by atoms with Gasteiger partial charge in [0, 0.05) is 24.5 Å². The Labute approximate surface area is 99.1 Å². The van der Waals surface area contributed by atoms with Gasteiger partial charge in [0.1, 0.15) is 11.7 Å². The lowest BCUT2D eigenvalue weighted by Gasteiger charge is -2.07. The van der Waals surface area contributed by atoms with E-state index in [2.05, 4.69) is 15.3 Å². The number of pyridine rings is 1. The van der Waals surface area contributed by atoms with Crippen molar-refractivity contribution in [3.05, 3.63) is 17.8 Å². The van der Waals surface area contributed by atoms with Crippen LogP contribution in [0.3, 0.4) is 0 Å². The third-order valence-electron chi connectivity index (χ3n) is 1.97. The van der Waals surface area contributed by atoms with Gasteiger partial charge in [-0.15, -0.1) is 0 Å². The number of nitrogens with zero attached hydrogens (tertiary/aromatic N) is 2. The molecule has 1 aromatic rings. The number of nitrogen functional groups attached to an aromatic ring is 1. The highest BCUT2D eigenvalue weighted by Gasteiger charge is 2.06. The summed E-state index contributed by atoms with van der Waals surface area (Å²) in [5.41, 5.74) is 17.4. The lowest BCUT2D eigenvalue weighted by atomic mass is 10.2. The van der Waals surface area contributed by atoms with E-state index >= 15 is 0 Å². The molecule has 92 valence electrons. The van der Waals surface area contributed by atoms with Gasteiger partial charge in [0.05, 0.1) is 5.56 Å². The highest BCUT2D eigenvalue weighted by atomic mass is 16.2. The molecule has 7 heteroatoms. The molecule has 0 atom stereocenters. The average Bonchev–Trinajstić information content (AvgIpc) is 2.25. The van der Waals surface area contributed by atoms with Gasteiger partial charge >= 0.3 is 6.03 Å². The maximum atomic E-state index is 10.6. The maximum absolute atomic E-state index is 10.6. The van der Waals surface area contributed by atoms with Gasteiger partial charge in [0.15, 0.2) is 0 Å². The SMILES string of the molecule is CCCN=C(N)c1cnc(NC(N)=O)cc1N. The molecular formula is C10H16N6O. The highest BCUT2D eigenvalue weighted by Crippen LogP contribution is 2.14. The summed E-state index contributed by atoms with van der Waals surface area (Å²) < 4.78 is 0. The summed E-state index contributed by atoms with van der Waals surface area (Å²) in [4.78, 5) is 18.7.